The number of nitrogen functional groups attached to an aromatic ring is 1. The van der Waals surface area contributed by atoms with Crippen LogP contribution in [0, 0.1) is 0 Å². The number of nitrogens with one attached hydrogen (secondary N) is 1. The topological polar surface area (TPSA) is 77.2 Å². The fourth-order valence-electron chi connectivity index (χ4n) is 1.90. The van der Waals surface area contributed by atoms with Crippen LogP contribution in [-0.4, -0.2) is 18.1 Å². The highest BCUT2D eigenvalue weighted by Crippen LogP contribution is 2.33. The van der Waals surface area contributed by atoms with E-state index >= 15 is 0 Å². The Morgan fingerprint density at radius 1 is 1.36 bits per heavy atom. The van der Waals surface area contributed by atoms with Crippen molar-refractivity contribution in [1.82, 2.24) is 4.98 Å². The van der Waals surface area contributed by atoms with Crippen molar-refractivity contribution < 1.29 is 22.7 Å². The first-order chi connectivity index (χ1) is 11.7. The number of benzene rings is 1. The normalized spacial score (nSPS) is 12.0. The van der Waals surface area contributed by atoms with Gasteiger partial charge in [-0.2, -0.15) is 13.2 Å². The van der Waals surface area contributed by atoms with Gasteiger partial charge in [-0.05, 0) is 18.2 Å². The monoisotopic (exact) mass is 371 g/mol. The molecular formula is C16H13ClF3N3O2. The second-order valence-corrected chi connectivity index (χ2v) is 5.24. The Balaban J connectivity index is 2.43. The average Bonchev–Trinajstić information content (AvgIpc) is 2.56. The lowest BCUT2D eigenvalue weighted by Gasteiger charge is -2.11. The molecule has 3 N–H and O–H groups in total. The number of hydrogen-bond acceptors (Lipinski definition) is 5. The van der Waals surface area contributed by atoms with Crippen LogP contribution < -0.4 is 11.1 Å². The Labute approximate surface area is 146 Å². The Bertz CT molecular complexity index is 823. The summed E-state index contributed by atoms with van der Waals surface area (Å²) in [5.41, 5.74) is 5.36. The van der Waals surface area contributed by atoms with E-state index in [2.05, 4.69) is 15.0 Å². The third-order valence-corrected chi connectivity index (χ3v) is 3.45. The van der Waals surface area contributed by atoms with Crippen LogP contribution in [0.2, 0.25) is 5.02 Å². The summed E-state index contributed by atoms with van der Waals surface area (Å²) >= 11 is 5.88. The smallest absolute Gasteiger partial charge is 0.417 e. The SMILES string of the molecule is COC(=O)C(=CNc1ccccc1N)c1ncc(C(F)(F)F)cc1Cl. The molecule has 0 spiro atoms. The molecule has 0 radical (unpaired) electrons. The van der Waals surface area contributed by atoms with Gasteiger partial charge < -0.3 is 15.8 Å². The Hall–Kier alpha value is -2.74. The lowest BCUT2D eigenvalue weighted by Crippen LogP contribution is -2.11. The van der Waals surface area contributed by atoms with E-state index in [0.717, 1.165) is 7.11 Å². The van der Waals surface area contributed by atoms with Crippen molar-refractivity contribution in [1.29, 1.82) is 0 Å². The van der Waals surface area contributed by atoms with Gasteiger partial charge in [0.25, 0.3) is 0 Å². The molecule has 1 heterocycles. The first-order valence-corrected chi connectivity index (χ1v) is 7.24. The second kappa shape index (κ2) is 7.43. The lowest BCUT2D eigenvalue weighted by atomic mass is 10.1. The molecule has 2 rings (SSSR count). The number of methoxy groups -OCH3 is 1. The van der Waals surface area contributed by atoms with Gasteiger partial charge in [-0.1, -0.05) is 23.7 Å². The van der Waals surface area contributed by atoms with E-state index < -0.39 is 17.7 Å². The molecule has 5 nitrogen and oxygen atoms in total. The number of aromatic nitrogens is 1. The standard InChI is InChI=1S/C16H13ClF3N3O2/c1-25-15(24)10(8-22-13-5-3-2-4-12(13)21)14-11(17)6-9(7-23-14)16(18,19)20/h2-8,22H,21H2,1H3. The van der Waals surface area contributed by atoms with Crippen molar-refractivity contribution in [2.75, 3.05) is 18.2 Å². The van der Waals surface area contributed by atoms with Crippen LogP contribution in [-0.2, 0) is 15.7 Å². The number of rotatable bonds is 4. The minimum Gasteiger partial charge on any atom is -0.465 e. The fraction of sp³-hybridized carbons (Fsp3) is 0.125. The molecule has 2 aromatic rings. The van der Waals surface area contributed by atoms with E-state index in [0.29, 0.717) is 23.6 Å². The summed E-state index contributed by atoms with van der Waals surface area (Å²) in [6.07, 6.45) is -2.78. The minimum absolute atomic E-state index is 0.149. The fourth-order valence-corrected chi connectivity index (χ4v) is 2.17. The molecule has 0 saturated carbocycles. The summed E-state index contributed by atoms with van der Waals surface area (Å²) in [5, 5.41) is 2.45. The van der Waals surface area contributed by atoms with Gasteiger partial charge in [0, 0.05) is 12.4 Å². The van der Waals surface area contributed by atoms with Gasteiger partial charge in [-0.3, -0.25) is 4.98 Å². The van der Waals surface area contributed by atoms with Gasteiger partial charge in [0.15, 0.2) is 0 Å². The summed E-state index contributed by atoms with van der Waals surface area (Å²) < 4.78 is 42.8. The van der Waals surface area contributed by atoms with Crippen LogP contribution >= 0.6 is 11.6 Å². The number of nitrogens with zero attached hydrogens (tertiary/aromatic N) is 1. The molecule has 0 bridgehead atoms. The first kappa shape index (κ1) is 18.6. The predicted octanol–water partition coefficient (Wildman–Crippen LogP) is 3.96. The van der Waals surface area contributed by atoms with Crippen LogP contribution in [0.15, 0.2) is 42.7 Å². The van der Waals surface area contributed by atoms with Crippen LogP contribution in [0.3, 0.4) is 0 Å². The Morgan fingerprint density at radius 3 is 2.60 bits per heavy atom. The van der Waals surface area contributed by atoms with Crippen molar-refractivity contribution in [3.8, 4) is 0 Å². The molecule has 132 valence electrons. The highest BCUT2D eigenvalue weighted by atomic mass is 35.5. The number of esters is 1. The molecule has 0 fully saturated rings. The zero-order valence-corrected chi connectivity index (χ0v) is 13.7. The lowest BCUT2D eigenvalue weighted by molar-refractivity contribution is -0.137. The number of ether oxygens (including phenoxy) is 1. The van der Waals surface area contributed by atoms with Crippen LogP contribution in [0.25, 0.3) is 5.57 Å². The Morgan fingerprint density at radius 2 is 2.04 bits per heavy atom. The summed E-state index contributed by atoms with van der Waals surface area (Å²) in [6, 6.07) is 7.42. The van der Waals surface area contributed by atoms with Crippen LogP contribution in [0.5, 0.6) is 0 Å². The number of carbonyl (C=O) groups is 1. The number of alkyl halides is 3. The summed E-state index contributed by atoms with van der Waals surface area (Å²) in [7, 11) is 1.13. The van der Waals surface area contributed by atoms with Gasteiger partial charge in [0.2, 0.25) is 0 Å². The number of para-hydroxylation sites is 2. The molecular weight excluding hydrogens is 359 g/mol. The maximum absolute atomic E-state index is 12.7. The number of pyridine rings is 1. The zero-order chi connectivity index (χ0) is 18.6. The number of carbonyl (C=O) groups excluding carboxylic acids is 1. The van der Waals surface area contributed by atoms with Gasteiger partial charge in [-0.25, -0.2) is 4.79 Å². The molecule has 25 heavy (non-hydrogen) atoms. The number of nitrogens with two attached hydrogens (primary N) is 1. The molecule has 0 atom stereocenters. The van der Waals surface area contributed by atoms with Crippen molar-refractivity contribution in [2.45, 2.75) is 6.18 Å². The third kappa shape index (κ3) is 4.42. The molecule has 0 aliphatic rings. The number of halogens is 4. The zero-order valence-electron chi connectivity index (χ0n) is 12.9. The predicted molar refractivity (Wildman–Crippen MR) is 88.7 cm³/mol. The van der Waals surface area contributed by atoms with E-state index in [1.807, 2.05) is 0 Å². The summed E-state index contributed by atoms with van der Waals surface area (Å²) in [6.45, 7) is 0. The molecule has 1 aromatic heterocycles. The molecule has 0 saturated heterocycles. The van der Waals surface area contributed by atoms with E-state index in [1.165, 1.54) is 6.20 Å². The van der Waals surface area contributed by atoms with Crippen molar-refractivity contribution in [3.63, 3.8) is 0 Å². The Kier molecular flexibility index (Phi) is 5.53. The molecule has 0 amide bonds. The van der Waals surface area contributed by atoms with E-state index in [-0.39, 0.29) is 16.3 Å². The molecule has 0 aliphatic carbocycles. The van der Waals surface area contributed by atoms with Crippen molar-refractivity contribution in [3.05, 3.63) is 59.0 Å². The average molecular weight is 372 g/mol. The van der Waals surface area contributed by atoms with Crippen LogP contribution in [0.1, 0.15) is 11.3 Å². The van der Waals surface area contributed by atoms with Gasteiger partial charge in [0.1, 0.15) is 5.57 Å². The maximum Gasteiger partial charge on any atom is 0.417 e. The number of hydrogen-bond donors (Lipinski definition) is 2. The van der Waals surface area contributed by atoms with Gasteiger partial charge in [-0.15, -0.1) is 0 Å². The van der Waals surface area contributed by atoms with Gasteiger partial charge >= 0.3 is 12.1 Å². The highest BCUT2D eigenvalue weighted by Gasteiger charge is 2.32. The molecule has 0 aliphatic heterocycles. The molecule has 9 heteroatoms. The third-order valence-electron chi connectivity index (χ3n) is 3.16. The number of anilines is 2. The van der Waals surface area contributed by atoms with Crippen molar-refractivity contribution >= 4 is 34.5 Å². The van der Waals surface area contributed by atoms with Crippen LogP contribution in [0.4, 0.5) is 24.5 Å². The largest absolute Gasteiger partial charge is 0.465 e. The quantitative estimate of drug-likeness (QED) is 0.483. The second-order valence-electron chi connectivity index (χ2n) is 4.83. The van der Waals surface area contributed by atoms with E-state index in [4.69, 9.17) is 17.3 Å². The maximum atomic E-state index is 12.7. The summed E-state index contributed by atoms with van der Waals surface area (Å²) in [4.78, 5) is 15.6. The first-order valence-electron chi connectivity index (χ1n) is 6.86. The summed E-state index contributed by atoms with van der Waals surface area (Å²) in [5.74, 6) is -0.823. The van der Waals surface area contributed by atoms with Crippen molar-refractivity contribution in [2.24, 2.45) is 0 Å². The van der Waals surface area contributed by atoms with E-state index in [9.17, 15) is 18.0 Å². The molecule has 1 aromatic carbocycles. The highest BCUT2D eigenvalue weighted by molar-refractivity contribution is 6.34. The molecule has 0 unspecified atom stereocenters. The minimum atomic E-state index is -4.60. The van der Waals surface area contributed by atoms with E-state index in [1.54, 1.807) is 24.3 Å². The van der Waals surface area contributed by atoms with Gasteiger partial charge in [0.05, 0.1) is 34.8 Å².